The normalized spacial score (nSPS) is 12.0. The summed E-state index contributed by atoms with van der Waals surface area (Å²) in [6.07, 6.45) is 0. The highest BCUT2D eigenvalue weighted by Gasteiger charge is 2.19. The monoisotopic (exact) mass is 409 g/mol. The third-order valence-electron chi connectivity index (χ3n) is 3.57. The van der Waals surface area contributed by atoms with Crippen LogP contribution in [0.2, 0.25) is 0 Å². The average molecular weight is 411 g/mol. The molecule has 0 spiro atoms. The van der Waals surface area contributed by atoms with Crippen molar-refractivity contribution >= 4 is 37.8 Å². The molecule has 0 saturated heterocycles. The number of aryl methyl sites for hydroxylation is 1. The molecule has 0 fully saturated rings. The van der Waals surface area contributed by atoms with Gasteiger partial charge in [0.15, 0.2) is 0 Å². The number of hydrogen-bond acceptors (Lipinski definition) is 1. The molecule has 1 unspecified atom stereocenters. The van der Waals surface area contributed by atoms with Crippen molar-refractivity contribution < 1.29 is 4.79 Å². The van der Waals surface area contributed by atoms with E-state index in [9.17, 15) is 4.79 Å². The summed E-state index contributed by atoms with van der Waals surface area (Å²) in [6.45, 7) is 4.10. The van der Waals surface area contributed by atoms with E-state index in [4.69, 9.17) is 0 Å². The number of hydrogen-bond donors (Lipinski definition) is 0. The second-order valence-corrected chi connectivity index (χ2v) is 6.99. The van der Waals surface area contributed by atoms with Crippen molar-refractivity contribution in [1.29, 1.82) is 0 Å². The number of nitrogens with zero attached hydrogens (tertiary/aromatic N) is 1. The number of amides is 1. The van der Waals surface area contributed by atoms with Gasteiger partial charge in [-0.3, -0.25) is 4.79 Å². The molecule has 110 valence electrons. The number of benzene rings is 2. The van der Waals surface area contributed by atoms with Crippen LogP contribution in [0.3, 0.4) is 0 Å². The van der Waals surface area contributed by atoms with Crippen LogP contribution in [0.25, 0.3) is 0 Å². The Morgan fingerprint density at radius 1 is 1.05 bits per heavy atom. The minimum absolute atomic E-state index is 0.00470. The van der Waals surface area contributed by atoms with Crippen LogP contribution in [-0.2, 0) is 0 Å². The summed E-state index contributed by atoms with van der Waals surface area (Å²) in [5.41, 5.74) is 3.01. The lowest BCUT2D eigenvalue weighted by molar-refractivity contribution is 0.0742. The first-order valence-corrected chi connectivity index (χ1v) is 8.27. The van der Waals surface area contributed by atoms with Crippen molar-refractivity contribution in [1.82, 2.24) is 4.90 Å². The molecule has 0 heterocycles. The van der Waals surface area contributed by atoms with Crippen molar-refractivity contribution in [3.8, 4) is 0 Å². The van der Waals surface area contributed by atoms with Gasteiger partial charge in [-0.25, -0.2) is 0 Å². The molecule has 0 bridgehead atoms. The molecule has 2 nitrogen and oxygen atoms in total. The zero-order valence-electron chi connectivity index (χ0n) is 12.2. The van der Waals surface area contributed by atoms with E-state index in [0.29, 0.717) is 5.56 Å². The van der Waals surface area contributed by atoms with Crippen LogP contribution >= 0.6 is 31.9 Å². The van der Waals surface area contributed by atoms with Crippen LogP contribution in [0.1, 0.15) is 34.5 Å². The summed E-state index contributed by atoms with van der Waals surface area (Å²) in [4.78, 5) is 14.4. The van der Waals surface area contributed by atoms with Gasteiger partial charge in [-0.2, -0.15) is 0 Å². The Hall–Kier alpha value is -1.13. The Labute approximate surface area is 142 Å². The standard InChI is InChI=1S/C17H17Br2NO/c1-11-4-6-13(7-5-11)12(2)20(3)17(21)14-8-15(18)10-16(19)9-14/h4-10,12H,1-3H3. The van der Waals surface area contributed by atoms with Crippen molar-refractivity contribution in [3.05, 3.63) is 68.1 Å². The maximum absolute atomic E-state index is 12.6. The van der Waals surface area contributed by atoms with E-state index in [-0.39, 0.29) is 11.9 Å². The van der Waals surface area contributed by atoms with Gasteiger partial charge in [0.05, 0.1) is 6.04 Å². The average Bonchev–Trinajstić information content (AvgIpc) is 2.44. The first kappa shape index (κ1) is 16.2. The van der Waals surface area contributed by atoms with Gasteiger partial charge in [0, 0.05) is 21.6 Å². The zero-order chi connectivity index (χ0) is 15.6. The number of halogens is 2. The smallest absolute Gasteiger partial charge is 0.254 e. The van der Waals surface area contributed by atoms with Crippen LogP contribution in [0.15, 0.2) is 51.4 Å². The van der Waals surface area contributed by atoms with Crippen LogP contribution in [0.4, 0.5) is 0 Å². The maximum Gasteiger partial charge on any atom is 0.254 e. The topological polar surface area (TPSA) is 20.3 Å². The summed E-state index contributed by atoms with van der Waals surface area (Å²) < 4.78 is 1.77. The van der Waals surface area contributed by atoms with Crippen LogP contribution in [0, 0.1) is 6.92 Å². The fourth-order valence-electron chi connectivity index (χ4n) is 2.13. The van der Waals surface area contributed by atoms with Gasteiger partial charge in [-0.15, -0.1) is 0 Å². The molecule has 0 aromatic heterocycles. The van der Waals surface area contributed by atoms with Crippen LogP contribution in [0.5, 0.6) is 0 Å². The van der Waals surface area contributed by atoms with Crippen LogP contribution < -0.4 is 0 Å². The Kier molecular flexibility index (Phi) is 5.22. The van der Waals surface area contributed by atoms with E-state index in [2.05, 4.69) is 63.0 Å². The molecule has 0 saturated carbocycles. The lowest BCUT2D eigenvalue weighted by Gasteiger charge is -2.25. The minimum Gasteiger partial charge on any atom is -0.335 e. The summed E-state index contributed by atoms with van der Waals surface area (Å²) in [6, 6.07) is 13.9. The zero-order valence-corrected chi connectivity index (χ0v) is 15.4. The van der Waals surface area contributed by atoms with Crippen molar-refractivity contribution in [2.75, 3.05) is 7.05 Å². The highest BCUT2D eigenvalue weighted by molar-refractivity contribution is 9.11. The molecular formula is C17H17Br2NO. The Morgan fingerprint density at radius 2 is 1.57 bits per heavy atom. The molecule has 21 heavy (non-hydrogen) atoms. The first-order valence-electron chi connectivity index (χ1n) is 6.68. The molecule has 1 amide bonds. The molecule has 0 aliphatic carbocycles. The largest absolute Gasteiger partial charge is 0.335 e. The van der Waals surface area contributed by atoms with Gasteiger partial charge >= 0.3 is 0 Å². The molecule has 0 aliphatic rings. The Morgan fingerprint density at radius 3 is 2.10 bits per heavy atom. The quantitative estimate of drug-likeness (QED) is 0.667. The molecule has 2 rings (SSSR count). The van der Waals surface area contributed by atoms with Gasteiger partial charge in [0.1, 0.15) is 0 Å². The van der Waals surface area contributed by atoms with Gasteiger partial charge < -0.3 is 4.90 Å². The lowest BCUT2D eigenvalue weighted by atomic mass is 10.0. The van der Waals surface area contributed by atoms with Gasteiger partial charge in [0.25, 0.3) is 5.91 Å². The molecule has 4 heteroatoms. The Balaban J connectivity index is 2.23. The van der Waals surface area contributed by atoms with Crippen LogP contribution in [-0.4, -0.2) is 17.9 Å². The molecule has 2 aromatic carbocycles. The molecule has 0 N–H and O–H groups in total. The summed E-state index contributed by atoms with van der Waals surface area (Å²) in [5.74, 6) is 0.00470. The predicted molar refractivity (Wildman–Crippen MR) is 93.5 cm³/mol. The maximum atomic E-state index is 12.6. The van der Waals surface area contributed by atoms with E-state index in [1.165, 1.54) is 5.56 Å². The highest BCUT2D eigenvalue weighted by Crippen LogP contribution is 2.24. The van der Waals surface area contributed by atoms with Crippen molar-refractivity contribution in [2.24, 2.45) is 0 Å². The Bertz CT molecular complexity index is 632. The van der Waals surface area contributed by atoms with E-state index in [1.54, 1.807) is 4.90 Å². The van der Waals surface area contributed by atoms with E-state index in [0.717, 1.165) is 14.5 Å². The third-order valence-corrected chi connectivity index (χ3v) is 4.49. The number of carbonyl (C=O) groups is 1. The summed E-state index contributed by atoms with van der Waals surface area (Å²) in [7, 11) is 1.83. The van der Waals surface area contributed by atoms with Crippen molar-refractivity contribution in [2.45, 2.75) is 19.9 Å². The lowest BCUT2D eigenvalue weighted by Crippen LogP contribution is -2.29. The molecule has 0 radical (unpaired) electrons. The highest BCUT2D eigenvalue weighted by atomic mass is 79.9. The van der Waals surface area contributed by atoms with Gasteiger partial charge in [0.2, 0.25) is 0 Å². The summed E-state index contributed by atoms with van der Waals surface area (Å²) >= 11 is 6.84. The first-order chi connectivity index (χ1) is 9.88. The molecular weight excluding hydrogens is 394 g/mol. The van der Waals surface area contributed by atoms with Gasteiger partial charge in [-0.05, 0) is 37.6 Å². The number of rotatable bonds is 3. The van der Waals surface area contributed by atoms with Crippen molar-refractivity contribution in [3.63, 3.8) is 0 Å². The number of carbonyl (C=O) groups excluding carboxylic acids is 1. The van der Waals surface area contributed by atoms with E-state index < -0.39 is 0 Å². The second-order valence-electron chi connectivity index (χ2n) is 5.16. The van der Waals surface area contributed by atoms with E-state index in [1.807, 2.05) is 32.2 Å². The van der Waals surface area contributed by atoms with E-state index >= 15 is 0 Å². The molecule has 0 aliphatic heterocycles. The fraction of sp³-hybridized carbons (Fsp3) is 0.235. The third kappa shape index (κ3) is 3.95. The van der Waals surface area contributed by atoms with Gasteiger partial charge in [-0.1, -0.05) is 61.7 Å². The molecule has 2 aromatic rings. The predicted octanol–water partition coefficient (Wildman–Crippen LogP) is 5.35. The second kappa shape index (κ2) is 6.75. The molecule has 1 atom stereocenters. The SMILES string of the molecule is Cc1ccc(C(C)N(C)C(=O)c2cc(Br)cc(Br)c2)cc1. The summed E-state index contributed by atoms with van der Waals surface area (Å²) in [5, 5.41) is 0. The minimum atomic E-state index is 0.00470. The fourth-order valence-corrected chi connectivity index (χ4v) is 3.42.